The van der Waals surface area contributed by atoms with Gasteiger partial charge in [0.1, 0.15) is 0 Å². The third-order valence-corrected chi connectivity index (χ3v) is 11.6. The smallest absolute Gasteiger partial charge is 0.0291 e. The molecule has 0 saturated heterocycles. The number of aryl methyl sites for hydroxylation is 5. The van der Waals surface area contributed by atoms with Crippen LogP contribution in [-0.4, -0.2) is 0 Å². The Morgan fingerprint density at radius 2 is 1.09 bits per heavy atom. The van der Waals surface area contributed by atoms with E-state index in [2.05, 4.69) is 70.8 Å². The zero-order chi connectivity index (χ0) is 16.0. The van der Waals surface area contributed by atoms with Gasteiger partial charge in [-0.25, -0.2) is 0 Å². The van der Waals surface area contributed by atoms with Crippen LogP contribution >= 0.6 is 23.3 Å². The van der Waals surface area contributed by atoms with E-state index in [-0.39, 0.29) is 15.1 Å². The van der Waals surface area contributed by atoms with Crippen molar-refractivity contribution in [2.24, 2.45) is 0 Å². The van der Waals surface area contributed by atoms with Crippen molar-refractivity contribution in [3.63, 3.8) is 0 Å². The summed E-state index contributed by atoms with van der Waals surface area (Å²) in [6.45, 7) is 13.6. The second-order valence-corrected chi connectivity index (χ2v) is 11.8. The Morgan fingerprint density at radius 1 is 0.636 bits per heavy atom. The van der Waals surface area contributed by atoms with Gasteiger partial charge in [0.2, 0.25) is 0 Å². The van der Waals surface area contributed by atoms with E-state index in [9.17, 15) is 0 Å². The lowest BCUT2D eigenvalue weighted by Gasteiger charge is -2.11. The van der Waals surface area contributed by atoms with E-state index in [1.165, 1.54) is 41.6 Å². The van der Waals surface area contributed by atoms with Crippen LogP contribution in [0.2, 0.25) is 0 Å². The Bertz CT molecular complexity index is 811. The van der Waals surface area contributed by atoms with E-state index >= 15 is 0 Å². The molecule has 22 heavy (non-hydrogen) atoms. The van der Waals surface area contributed by atoms with Crippen molar-refractivity contribution in [2.75, 3.05) is 0 Å². The van der Waals surface area contributed by atoms with Gasteiger partial charge in [-0.15, -0.1) is 0 Å². The molecule has 3 heterocycles. The van der Waals surface area contributed by atoms with Crippen LogP contribution < -0.4 is 0 Å². The topological polar surface area (TPSA) is 0 Å². The predicted molar refractivity (Wildman–Crippen MR) is 105 cm³/mol. The molecule has 0 aliphatic rings. The molecule has 0 fully saturated rings. The van der Waals surface area contributed by atoms with Gasteiger partial charge in [0.05, 0.1) is 0 Å². The zero-order valence-electron chi connectivity index (χ0n) is 14.2. The van der Waals surface area contributed by atoms with E-state index in [1.54, 1.807) is 10.1 Å². The summed E-state index contributed by atoms with van der Waals surface area (Å²) in [4.78, 5) is 0. The fourth-order valence-electron chi connectivity index (χ4n) is 2.66. The quantitative estimate of drug-likeness (QED) is 0.441. The molecule has 0 nitrogen and oxygen atoms in total. The second kappa shape index (κ2) is 6.02. The lowest BCUT2D eigenvalue weighted by Crippen LogP contribution is -1.79. The fourth-order valence-corrected chi connectivity index (χ4v) is 10.0. The summed E-state index contributed by atoms with van der Waals surface area (Å²) < 4.78 is 0. The Morgan fingerprint density at radius 3 is 1.59 bits per heavy atom. The number of rotatable bonds is 2. The third kappa shape index (κ3) is 2.86. The summed E-state index contributed by atoms with van der Waals surface area (Å²) in [6.07, 6.45) is 0. The van der Waals surface area contributed by atoms with E-state index in [4.69, 9.17) is 0 Å². The van der Waals surface area contributed by atoms with Gasteiger partial charge >= 0.3 is 0 Å². The monoisotopic (exact) mass is 344 g/mol. The largest absolute Gasteiger partial charge is 0.0880 e. The van der Waals surface area contributed by atoms with E-state index in [1.807, 2.05) is 0 Å². The van der Waals surface area contributed by atoms with Crippen molar-refractivity contribution in [2.45, 2.75) is 41.5 Å². The number of hydrogen-bond acceptors (Lipinski definition) is 0. The predicted octanol–water partition coefficient (Wildman–Crippen LogP) is 8.07. The summed E-state index contributed by atoms with van der Waals surface area (Å²) in [6, 6.07) is 2.45. The van der Waals surface area contributed by atoms with E-state index in [0.29, 0.717) is 0 Å². The number of hydrogen-bond donors (Lipinski definition) is 0. The minimum atomic E-state index is -0.221. The Hall–Kier alpha value is -0.790. The third-order valence-electron chi connectivity index (χ3n) is 4.58. The van der Waals surface area contributed by atoms with Gasteiger partial charge in [0.15, 0.2) is 0 Å². The first-order valence-corrected chi connectivity index (χ1v) is 11.5. The summed E-state index contributed by atoms with van der Waals surface area (Å²) in [5, 5.41) is 3.25. The van der Waals surface area contributed by atoms with Gasteiger partial charge in [-0.2, -0.15) is 0 Å². The fraction of sp³-hybridized carbons (Fsp3) is 0.316. The van der Waals surface area contributed by atoms with Crippen molar-refractivity contribution in [3.8, 4) is 10.1 Å². The first-order chi connectivity index (χ1) is 10.4. The standard InChI is InChI=1S/C19H23P3/c1-12-7-18(21-8-13(2)14(3)9-21)20-19(17(12)6)22-10-15(4)16(5)11-22/h7-11H,1-6H3. The molecular formula is C19H23P3. The van der Waals surface area contributed by atoms with Crippen LogP contribution in [0.1, 0.15) is 33.4 Å². The van der Waals surface area contributed by atoms with Crippen LogP contribution in [0.3, 0.4) is 0 Å². The molecule has 3 aromatic rings. The Kier molecular flexibility index (Phi) is 4.40. The second-order valence-electron chi connectivity index (χ2n) is 6.31. The van der Waals surface area contributed by atoms with Gasteiger partial charge in [0, 0.05) is 10.1 Å². The minimum Gasteiger partial charge on any atom is -0.0880 e. The lowest BCUT2D eigenvalue weighted by molar-refractivity contribution is 1.39. The molecule has 0 aromatic carbocycles. The van der Waals surface area contributed by atoms with E-state index < -0.39 is 0 Å². The van der Waals surface area contributed by atoms with Crippen molar-refractivity contribution in [1.29, 1.82) is 0 Å². The van der Waals surface area contributed by atoms with Gasteiger partial charge in [0.25, 0.3) is 0 Å². The highest BCUT2D eigenvalue weighted by Crippen LogP contribution is 2.56. The SMILES string of the molecule is Cc1cp(-c2cc(C)c(C)c(-p3cc(C)c(C)c3)p2)cc1C. The summed E-state index contributed by atoms with van der Waals surface area (Å²) >= 11 is 0. The van der Waals surface area contributed by atoms with Gasteiger partial charge in [-0.1, -0.05) is 23.3 Å². The molecule has 0 saturated carbocycles. The normalized spacial score (nSPS) is 11.5. The Labute approximate surface area is 137 Å². The highest BCUT2D eigenvalue weighted by atomic mass is 31.1. The highest BCUT2D eigenvalue weighted by Gasteiger charge is 2.12. The van der Waals surface area contributed by atoms with Crippen molar-refractivity contribution in [3.05, 3.63) is 62.6 Å². The molecule has 3 heteroatoms. The molecule has 0 N–H and O–H groups in total. The van der Waals surface area contributed by atoms with Crippen LogP contribution in [-0.2, 0) is 0 Å². The van der Waals surface area contributed by atoms with Crippen LogP contribution in [0.25, 0.3) is 10.1 Å². The van der Waals surface area contributed by atoms with Gasteiger partial charge in [-0.05, 0) is 104 Å². The minimum absolute atomic E-state index is 0.212. The first kappa shape index (κ1) is 16.1. The lowest BCUT2D eigenvalue weighted by atomic mass is 10.2. The van der Waals surface area contributed by atoms with Crippen molar-refractivity contribution in [1.82, 2.24) is 0 Å². The van der Waals surface area contributed by atoms with Crippen LogP contribution in [0, 0.1) is 41.5 Å². The molecule has 0 aliphatic carbocycles. The molecular weight excluding hydrogens is 321 g/mol. The maximum Gasteiger partial charge on any atom is 0.0291 e. The molecule has 3 rings (SSSR count). The maximum atomic E-state index is 2.50. The van der Waals surface area contributed by atoms with Crippen molar-refractivity contribution < 1.29 is 0 Å². The van der Waals surface area contributed by atoms with Crippen LogP contribution in [0.4, 0.5) is 0 Å². The molecule has 0 spiro atoms. The average molecular weight is 344 g/mol. The molecule has 114 valence electrons. The molecule has 0 amide bonds. The van der Waals surface area contributed by atoms with Gasteiger partial charge < -0.3 is 0 Å². The molecule has 3 aromatic heterocycles. The van der Waals surface area contributed by atoms with Crippen molar-refractivity contribution >= 4 is 23.3 Å². The molecule has 0 atom stereocenters. The highest BCUT2D eigenvalue weighted by molar-refractivity contribution is 7.74. The zero-order valence-corrected chi connectivity index (χ0v) is 16.9. The molecule has 0 aliphatic heterocycles. The summed E-state index contributed by atoms with van der Waals surface area (Å²) in [7, 11) is 1.03. The summed E-state index contributed by atoms with van der Waals surface area (Å²) in [5.41, 5.74) is 8.84. The Balaban J connectivity index is 2.18. The maximum absolute atomic E-state index is 2.50. The first-order valence-electron chi connectivity index (χ1n) is 7.66. The molecule has 0 unspecified atom stereocenters. The molecule has 0 bridgehead atoms. The van der Waals surface area contributed by atoms with Crippen LogP contribution in [0.15, 0.2) is 29.3 Å². The summed E-state index contributed by atoms with van der Waals surface area (Å²) in [5.74, 6) is 9.96. The van der Waals surface area contributed by atoms with Gasteiger partial charge in [-0.3, -0.25) is 0 Å². The van der Waals surface area contributed by atoms with Crippen LogP contribution in [0.5, 0.6) is 0 Å². The average Bonchev–Trinajstić information content (AvgIpc) is 2.97. The van der Waals surface area contributed by atoms with E-state index in [0.717, 1.165) is 0 Å². The molecule has 0 radical (unpaired) electrons.